The molecule has 152 valence electrons. The van der Waals surface area contributed by atoms with Crippen LogP contribution in [0.4, 0.5) is 0 Å². The van der Waals surface area contributed by atoms with Gasteiger partial charge in [0.1, 0.15) is 0 Å². The van der Waals surface area contributed by atoms with Crippen LogP contribution in [0.2, 0.25) is 10.0 Å². The second-order valence-electron chi connectivity index (χ2n) is 8.21. The molecule has 3 aromatic rings. The number of aromatic nitrogens is 1. The normalized spacial score (nSPS) is 19.2. The third kappa shape index (κ3) is 4.37. The first-order valence-electron chi connectivity index (χ1n) is 10.2. The van der Waals surface area contributed by atoms with Crippen LogP contribution in [-0.4, -0.2) is 22.5 Å². The van der Waals surface area contributed by atoms with Crippen molar-refractivity contribution >= 4 is 39.9 Å². The van der Waals surface area contributed by atoms with Crippen LogP contribution in [0.3, 0.4) is 0 Å². The molecular formula is C24H25Cl2NO2. The number of carbonyl (C=O) groups is 1. The molecule has 4 rings (SSSR count). The van der Waals surface area contributed by atoms with Gasteiger partial charge in [0.05, 0.1) is 6.61 Å². The molecule has 2 unspecified atom stereocenters. The van der Waals surface area contributed by atoms with Crippen molar-refractivity contribution in [2.75, 3.05) is 6.61 Å². The van der Waals surface area contributed by atoms with Crippen molar-refractivity contribution in [2.24, 2.45) is 5.92 Å². The Hall–Kier alpha value is -1.81. The maximum atomic E-state index is 12.7. The molecule has 0 spiro atoms. The number of rotatable bonds is 5. The van der Waals surface area contributed by atoms with E-state index in [1.165, 1.54) is 5.56 Å². The third-order valence-corrected chi connectivity index (χ3v) is 6.55. The summed E-state index contributed by atoms with van der Waals surface area (Å²) in [5, 5.41) is 12.5. The molecule has 2 N–H and O–H groups in total. The van der Waals surface area contributed by atoms with Crippen molar-refractivity contribution in [2.45, 2.75) is 44.9 Å². The van der Waals surface area contributed by atoms with Gasteiger partial charge >= 0.3 is 0 Å². The van der Waals surface area contributed by atoms with Gasteiger partial charge in [-0.2, -0.15) is 0 Å². The number of halogens is 2. The lowest BCUT2D eigenvalue weighted by Crippen LogP contribution is -2.11. The van der Waals surface area contributed by atoms with Crippen LogP contribution in [0.15, 0.2) is 36.4 Å². The fraction of sp³-hybridized carbons (Fsp3) is 0.375. The number of nitrogens with one attached hydrogen (secondary N) is 1. The van der Waals surface area contributed by atoms with E-state index in [0.29, 0.717) is 22.9 Å². The van der Waals surface area contributed by atoms with Crippen molar-refractivity contribution in [3.63, 3.8) is 0 Å². The van der Waals surface area contributed by atoms with Crippen LogP contribution in [0.5, 0.6) is 0 Å². The highest BCUT2D eigenvalue weighted by Gasteiger charge is 2.27. The molecule has 0 amide bonds. The highest BCUT2D eigenvalue weighted by atomic mass is 35.5. The fourth-order valence-electron chi connectivity index (χ4n) is 4.65. The van der Waals surface area contributed by atoms with Crippen molar-refractivity contribution in [3.8, 4) is 0 Å². The van der Waals surface area contributed by atoms with E-state index in [2.05, 4.69) is 4.98 Å². The Kier molecular flexibility index (Phi) is 6.00. The topological polar surface area (TPSA) is 53.1 Å². The Bertz CT molecular complexity index is 1040. The number of hydrogen-bond acceptors (Lipinski definition) is 2. The summed E-state index contributed by atoms with van der Waals surface area (Å²) in [6.45, 7) is 2.05. The van der Waals surface area contributed by atoms with Gasteiger partial charge in [0.2, 0.25) is 0 Å². The first-order chi connectivity index (χ1) is 13.9. The molecular weight excluding hydrogens is 405 g/mol. The number of fused-ring (bicyclic) bond motifs is 3. The van der Waals surface area contributed by atoms with E-state index < -0.39 is 0 Å². The zero-order valence-electron chi connectivity index (χ0n) is 16.5. The fourth-order valence-corrected chi connectivity index (χ4v) is 5.11. The highest BCUT2D eigenvalue weighted by Crippen LogP contribution is 2.39. The Morgan fingerprint density at radius 1 is 1.17 bits per heavy atom. The van der Waals surface area contributed by atoms with Gasteiger partial charge in [-0.15, -0.1) is 0 Å². The van der Waals surface area contributed by atoms with Gasteiger partial charge in [-0.05, 0) is 86.1 Å². The maximum Gasteiger partial charge on any atom is 0.162 e. The number of Topliss-reactive ketones (excluding diaryl/α,β-unsaturated/α-hetero) is 1. The number of hydrogen-bond donors (Lipinski definition) is 2. The summed E-state index contributed by atoms with van der Waals surface area (Å²) >= 11 is 12.3. The molecule has 1 aliphatic carbocycles. The minimum absolute atomic E-state index is 0.0622. The van der Waals surface area contributed by atoms with E-state index in [4.69, 9.17) is 23.2 Å². The quantitative estimate of drug-likeness (QED) is 0.360. The number of aromatic amines is 1. The average Bonchev–Trinajstić information content (AvgIpc) is 2.93. The summed E-state index contributed by atoms with van der Waals surface area (Å²) in [6.07, 6.45) is 4.14. The van der Waals surface area contributed by atoms with Gasteiger partial charge in [-0.3, -0.25) is 4.79 Å². The number of H-pyrrole nitrogens is 1. The monoisotopic (exact) mass is 429 g/mol. The Balaban J connectivity index is 1.49. The summed E-state index contributed by atoms with van der Waals surface area (Å²) in [5.74, 6) is 0.592. The summed E-state index contributed by atoms with van der Waals surface area (Å²) in [4.78, 5) is 16.2. The summed E-state index contributed by atoms with van der Waals surface area (Å²) in [6, 6.07) is 11.4. The van der Waals surface area contributed by atoms with Crippen LogP contribution in [0.1, 0.15) is 58.8 Å². The Morgan fingerprint density at radius 3 is 2.76 bits per heavy atom. The zero-order chi connectivity index (χ0) is 20.5. The molecule has 0 saturated heterocycles. The van der Waals surface area contributed by atoms with Gasteiger partial charge in [0, 0.05) is 44.5 Å². The smallest absolute Gasteiger partial charge is 0.162 e. The van der Waals surface area contributed by atoms with Gasteiger partial charge in [0.25, 0.3) is 0 Å². The number of aliphatic hydroxyl groups excluding tert-OH is 1. The summed E-state index contributed by atoms with van der Waals surface area (Å²) in [7, 11) is 0. The largest absolute Gasteiger partial charge is 0.396 e. The van der Waals surface area contributed by atoms with Crippen LogP contribution < -0.4 is 0 Å². The van der Waals surface area contributed by atoms with Gasteiger partial charge < -0.3 is 10.1 Å². The minimum atomic E-state index is 0.0622. The molecule has 1 aromatic heterocycles. The van der Waals surface area contributed by atoms with Crippen molar-refractivity contribution in [1.82, 2.24) is 4.98 Å². The summed E-state index contributed by atoms with van der Waals surface area (Å²) < 4.78 is 0. The van der Waals surface area contributed by atoms with E-state index in [1.807, 2.05) is 37.3 Å². The molecule has 2 atom stereocenters. The van der Waals surface area contributed by atoms with E-state index in [9.17, 15) is 9.90 Å². The van der Waals surface area contributed by atoms with E-state index in [-0.39, 0.29) is 18.3 Å². The standard InChI is InChI=1S/C24H25Cl2NO2/c1-14-8-16(11-19(26)9-14)23(29)7-3-15-2-5-20-21-12-18(25)4-6-22(21)27-24(20)17(10-15)13-28/h4,6,8-9,11-12,15,17,27-28H,2-3,5,7,10,13H2,1H3. The molecule has 2 aromatic carbocycles. The second-order valence-corrected chi connectivity index (χ2v) is 9.08. The molecule has 0 bridgehead atoms. The highest BCUT2D eigenvalue weighted by molar-refractivity contribution is 6.31. The molecule has 0 aliphatic heterocycles. The average molecular weight is 430 g/mol. The molecule has 0 fully saturated rings. The van der Waals surface area contributed by atoms with Gasteiger partial charge in [-0.1, -0.05) is 23.2 Å². The lowest BCUT2D eigenvalue weighted by molar-refractivity contribution is 0.0971. The molecule has 1 heterocycles. The van der Waals surface area contributed by atoms with Crippen LogP contribution in [-0.2, 0) is 6.42 Å². The van der Waals surface area contributed by atoms with E-state index >= 15 is 0 Å². The van der Waals surface area contributed by atoms with Crippen molar-refractivity contribution < 1.29 is 9.90 Å². The lowest BCUT2D eigenvalue weighted by atomic mass is 9.88. The first-order valence-corrected chi connectivity index (χ1v) is 10.9. The van der Waals surface area contributed by atoms with Crippen LogP contribution >= 0.6 is 23.2 Å². The number of ketones is 1. The minimum Gasteiger partial charge on any atom is -0.396 e. The predicted molar refractivity (Wildman–Crippen MR) is 119 cm³/mol. The van der Waals surface area contributed by atoms with Gasteiger partial charge in [-0.25, -0.2) is 0 Å². The molecule has 1 aliphatic rings. The van der Waals surface area contributed by atoms with Crippen molar-refractivity contribution in [1.29, 1.82) is 0 Å². The predicted octanol–water partition coefficient (Wildman–Crippen LogP) is 6.47. The third-order valence-electron chi connectivity index (χ3n) is 6.09. The molecule has 29 heavy (non-hydrogen) atoms. The number of aryl methyl sites for hydroxylation is 2. The molecule has 3 nitrogen and oxygen atoms in total. The number of carbonyl (C=O) groups excluding carboxylic acids is 1. The Morgan fingerprint density at radius 2 is 2.00 bits per heavy atom. The Labute approximate surface area is 181 Å². The van der Waals surface area contributed by atoms with Crippen LogP contribution in [0, 0.1) is 12.8 Å². The number of benzene rings is 2. The second kappa shape index (κ2) is 8.51. The molecule has 0 saturated carbocycles. The SMILES string of the molecule is Cc1cc(Cl)cc(C(=O)CCC2CCc3c([nH]c4ccc(Cl)cc34)C(CO)C2)c1. The zero-order valence-corrected chi connectivity index (χ0v) is 18.0. The maximum absolute atomic E-state index is 12.7. The molecule has 5 heteroatoms. The molecule has 0 radical (unpaired) electrons. The summed E-state index contributed by atoms with van der Waals surface area (Å²) in [5.41, 5.74) is 5.15. The van der Waals surface area contributed by atoms with E-state index in [0.717, 1.165) is 52.9 Å². The van der Waals surface area contributed by atoms with Gasteiger partial charge in [0.15, 0.2) is 5.78 Å². The first kappa shape index (κ1) is 20.5. The van der Waals surface area contributed by atoms with Crippen LogP contribution in [0.25, 0.3) is 10.9 Å². The van der Waals surface area contributed by atoms with E-state index in [1.54, 1.807) is 6.07 Å². The number of aliphatic hydroxyl groups is 1. The van der Waals surface area contributed by atoms with Crippen molar-refractivity contribution in [3.05, 3.63) is 68.8 Å². The lowest BCUT2D eigenvalue weighted by Gasteiger charge is -2.18.